The minimum absolute atomic E-state index is 0.268. The Balaban J connectivity index is 2.19. The number of nitrogens with two attached hydrogens (primary N) is 1. The molecule has 2 fully saturated rings. The second-order valence-corrected chi connectivity index (χ2v) is 3.50. The largest absolute Gasteiger partial charge is 0.370 e. The van der Waals surface area contributed by atoms with Gasteiger partial charge in [-0.1, -0.05) is 0 Å². The van der Waals surface area contributed by atoms with Gasteiger partial charge in [-0.2, -0.15) is 0 Å². The summed E-state index contributed by atoms with van der Waals surface area (Å²) in [7, 11) is 0. The average molecular weight is 145 g/mol. The summed E-state index contributed by atoms with van der Waals surface area (Å²) in [5.74, 6) is 0. The van der Waals surface area contributed by atoms with E-state index in [-0.39, 0.29) is 12.2 Å². The SMILES string of the molecule is NCC12CCC(F)(CO1)C2. The first-order chi connectivity index (χ1) is 4.68. The molecule has 1 heterocycles. The highest BCUT2D eigenvalue weighted by Crippen LogP contribution is 2.48. The third-order valence-electron chi connectivity index (χ3n) is 2.68. The summed E-state index contributed by atoms with van der Waals surface area (Å²) in [5, 5.41) is 0. The monoisotopic (exact) mass is 145 g/mol. The van der Waals surface area contributed by atoms with E-state index in [4.69, 9.17) is 10.5 Å². The topological polar surface area (TPSA) is 35.2 Å². The van der Waals surface area contributed by atoms with Gasteiger partial charge in [-0.05, 0) is 12.8 Å². The molecule has 0 spiro atoms. The van der Waals surface area contributed by atoms with Crippen molar-refractivity contribution in [3.63, 3.8) is 0 Å². The molecular weight excluding hydrogens is 133 g/mol. The maximum absolute atomic E-state index is 13.3. The smallest absolute Gasteiger partial charge is 0.137 e. The molecule has 2 unspecified atom stereocenters. The molecule has 0 aromatic heterocycles. The van der Waals surface area contributed by atoms with Crippen molar-refractivity contribution in [2.75, 3.05) is 13.2 Å². The highest BCUT2D eigenvalue weighted by atomic mass is 19.1. The number of hydrogen-bond acceptors (Lipinski definition) is 2. The highest BCUT2D eigenvalue weighted by Gasteiger charge is 2.55. The Morgan fingerprint density at radius 1 is 1.50 bits per heavy atom. The predicted octanol–water partition coefficient (Wildman–Crippen LogP) is 0.606. The molecule has 2 bridgehead atoms. The lowest BCUT2D eigenvalue weighted by atomic mass is 10.0. The molecule has 1 aliphatic carbocycles. The van der Waals surface area contributed by atoms with Crippen LogP contribution in [0.15, 0.2) is 0 Å². The second kappa shape index (κ2) is 1.71. The molecule has 1 aliphatic heterocycles. The molecule has 0 aromatic rings. The first kappa shape index (κ1) is 6.55. The van der Waals surface area contributed by atoms with Crippen molar-refractivity contribution < 1.29 is 9.13 Å². The Morgan fingerprint density at radius 3 is 2.50 bits per heavy atom. The molecule has 2 rings (SSSR count). The predicted molar refractivity (Wildman–Crippen MR) is 35.4 cm³/mol. The average Bonchev–Trinajstić information content (AvgIpc) is 2.42. The molecule has 2 nitrogen and oxygen atoms in total. The molecular formula is C7H12FNO. The summed E-state index contributed by atoms with van der Waals surface area (Å²) in [6.45, 7) is 0.739. The molecule has 1 saturated heterocycles. The fourth-order valence-electron chi connectivity index (χ4n) is 1.97. The molecule has 3 heteroatoms. The van der Waals surface area contributed by atoms with Gasteiger partial charge in [-0.3, -0.25) is 0 Å². The summed E-state index contributed by atoms with van der Waals surface area (Å²) in [6, 6.07) is 0. The van der Waals surface area contributed by atoms with Crippen LogP contribution >= 0.6 is 0 Å². The van der Waals surface area contributed by atoms with Crippen molar-refractivity contribution >= 4 is 0 Å². The number of ether oxygens (including phenoxy) is 1. The van der Waals surface area contributed by atoms with Crippen LogP contribution in [0.1, 0.15) is 19.3 Å². The normalized spacial score (nSPS) is 52.2. The van der Waals surface area contributed by atoms with Gasteiger partial charge < -0.3 is 10.5 Å². The van der Waals surface area contributed by atoms with E-state index >= 15 is 0 Å². The zero-order valence-corrected chi connectivity index (χ0v) is 5.90. The number of rotatable bonds is 1. The van der Waals surface area contributed by atoms with Crippen LogP contribution < -0.4 is 5.73 Å². The van der Waals surface area contributed by atoms with Crippen LogP contribution in [0.3, 0.4) is 0 Å². The van der Waals surface area contributed by atoms with Crippen LogP contribution in [-0.2, 0) is 4.74 Å². The third-order valence-corrected chi connectivity index (χ3v) is 2.68. The molecule has 58 valence electrons. The second-order valence-electron chi connectivity index (χ2n) is 3.50. The van der Waals surface area contributed by atoms with E-state index in [0.29, 0.717) is 19.4 Å². The molecule has 1 saturated carbocycles. The third kappa shape index (κ3) is 0.705. The van der Waals surface area contributed by atoms with E-state index in [0.717, 1.165) is 6.42 Å². The van der Waals surface area contributed by atoms with Crippen LogP contribution in [0, 0.1) is 0 Å². The van der Waals surface area contributed by atoms with Crippen LogP contribution in [0.4, 0.5) is 4.39 Å². The van der Waals surface area contributed by atoms with Gasteiger partial charge in [0, 0.05) is 13.0 Å². The van der Waals surface area contributed by atoms with Crippen molar-refractivity contribution in [3.8, 4) is 0 Å². The minimum Gasteiger partial charge on any atom is -0.370 e. The van der Waals surface area contributed by atoms with Gasteiger partial charge in [-0.25, -0.2) is 4.39 Å². The fraction of sp³-hybridized carbons (Fsp3) is 1.00. The maximum atomic E-state index is 13.3. The molecule has 2 atom stereocenters. The number of halogens is 1. The van der Waals surface area contributed by atoms with E-state index in [2.05, 4.69) is 0 Å². The zero-order chi connectivity index (χ0) is 7.24. The maximum Gasteiger partial charge on any atom is 0.137 e. The van der Waals surface area contributed by atoms with Gasteiger partial charge >= 0.3 is 0 Å². The lowest BCUT2D eigenvalue weighted by molar-refractivity contribution is -0.0281. The van der Waals surface area contributed by atoms with Gasteiger partial charge in [0.1, 0.15) is 5.67 Å². The molecule has 0 aromatic carbocycles. The number of hydrogen-bond donors (Lipinski definition) is 1. The lowest BCUT2D eigenvalue weighted by Crippen LogP contribution is -2.35. The molecule has 0 amide bonds. The Bertz CT molecular complexity index is 152. The van der Waals surface area contributed by atoms with Crippen LogP contribution in [0.25, 0.3) is 0 Å². The van der Waals surface area contributed by atoms with Crippen molar-refractivity contribution in [2.24, 2.45) is 5.73 Å². The van der Waals surface area contributed by atoms with Gasteiger partial charge in [0.2, 0.25) is 0 Å². The first-order valence-electron chi connectivity index (χ1n) is 3.71. The van der Waals surface area contributed by atoms with Crippen molar-refractivity contribution in [1.82, 2.24) is 0 Å². The summed E-state index contributed by atoms with van der Waals surface area (Å²) < 4.78 is 18.6. The Hall–Kier alpha value is -0.150. The Labute approximate surface area is 59.5 Å². The van der Waals surface area contributed by atoms with Gasteiger partial charge in [0.05, 0.1) is 12.2 Å². The van der Waals surface area contributed by atoms with Crippen molar-refractivity contribution in [3.05, 3.63) is 0 Å². The number of fused-ring (bicyclic) bond motifs is 2. The minimum atomic E-state index is -1.03. The van der Waals surface area contributed by atoms with E-state index in [1.165, 1.54) is 0 Å². The van der Waals surface area contributed by atoms with Gasteiger partial charge in [0.25, 0.3) is 0 Å². The summed E-state index contributed by atoms with van der Waals surface area (Å²) in [6.07, 6.45) is 1.97. The van der Waals surface area contributed by atoms with E-state index < -0.39 is 5.67 Å². The van der Waals surface area contributed by atoms with Crippen LogP contribution in [0.5, 0.6) is 0 Å². The van der Waals surface area contributed by atoms with Gasteiger partial charge in [0.15, 0.2) is 0 Å². The lowest BCUT2D eigenvalue weighted by Gasteiger charge is -2.24. The Kier molecular flexibility index (Phi) is 1.12. The zero-order valence-electron chi connectivity index (χ0n) is 5.90. The first-order valence-corrected chi connectivity index (χ1v) is 3.71. The highest BCUT2D eigenvalue weighted by molar-refractivity contribution is 5.06. The van der Waals surface area contributed by atoms with E-state index in [9.17, 15) is 4.39 Å². The Morgan fingerprint density at radius 2 is 2.30 bits per heavy atom. The fourth-order valence-corrected chi connectivity index (χ4v) is 1.97. The quantitative estimate of drug-likeness (QED) is 0.586. The molecule has 2 aliphatic rings. The summed E-state index contributed by atoms with van der Waals surface area (Å²) in [4.78, 5) is 0. The van der Waals surface area contributed by atoms with Crippen LogP contribution in [-0.4, -0.2) is 24.4 Å². The van der Waals surface area contributed by atoms with E-state index in [1.807, 2.05) is 0 Å². The summed E-state index contributed by atoms with van der Waals surface area (Å²) in [5.41, 5.74) is 4.16. The van der Waals surface area contributed by atoms with Gasteiger partial charge in [-0.15, -0.1) is 0 Å². The molecule has 10 heavy (non-hydrogen) atoms. The van der Waals surface area contributed by atoms with Crippen molar-refractivity contribution in [1.29, 1.82) is 0 Å². The number of alkyl halides is 1. The molecule has 2 N–H and O–H groups in total. The van der Waals surface area contributed by atoms with E-state index in [1.54, 1.807) is 0 Å². The van der Waals surface area contributed by atoms with Crippen LogP contribution in [0.2, 0.25) is 0 Å². The summed E-state index contributed by atoms with van der Waals surface area (Å²) >= 11 is 0. The van der Waals surface area contributed by atoms with Crippen molar-refractivity contribution in [2.45, 2.75) is 30.5 Å². The standard InChI is InChI=1S/C7H12FNO/c8-6-1-2-7(3-6,4-9)10-5-6/h1-5,9H2. The molecule has 0 radical (unpaired) electrons.